The maximum atomic E-state index is 13.3. The van der Waals surface area contributed by atoms with Crippen molar-refractivity contribution in [3.05, 3.63) is 42.6 Å². The van der Waals surface area contributed by atoms with Gasteiger partial charge in [-0.15, -0.1) is 0 Å². The van der Waals surface area contributed by atoms with E-state index in [1.165, 1.54) is 6.33 Å². The van der Waals surface area contributed by atoms with Gasteiger partial charge in [-0.2, -0.15) is 0 Å². The lowest BCUT2D eigenvalue weighted by atomic mass is 9.91. The number of carbonyl (C=O) groups is 2. The summed E-state index contributed by atoms with van der Waals surface area (Å²) >= 11 is 0. The van der Waals surface area contributed by atoms with E-state index in [1.807, 2.05) is 22.9 Å². The number of pyridine rings is 1. The number of amides is 2. The Labute approximate surface area is 203 Å². The van der Waals surface area contributed by atoms with Crippen LogP contribution >= 0.6 is 0 Å². The SMILES string of the molecule is CC(=O)N[C@H]1CC[C@H](NC(=O)c2cnc(-n3ccc4cncnc43)cc2NC2CCOCC2)CC1. The van der Waals surface area contributed by atoms with E-state index in [1.54, 1.807) is 19.3 Å². The van der Waals surface area contributed by atoms with E-state index in [0.29, 0.717) is 24.6 Å². The predicted octanol–water partition coefficient (Wildman–Crippen LogP) is 2.58. The first-order chi connectivity index (χ1) is 17.1. The summed E-state index contributed by atoms with van der Waals surface area (Å²) in [5.41, 5.74) is 2.04. The Kier molecular flexibility index (Phi) is 6.89. The van der Waals surface area contributed by atoms with Crippen LogP contribution < -0.4 is 16.0 Å². The first kappa shape index (κ1) is 23.2. The number of carbonyl (C=O) groups excluding carboxylic acids is 2. The molecular formula is C25H31N7O3. The Morgan fingerprint density at radius 3 is 2.46 bits per heavy atom. The second kappa shape index (κ2) is 10.4. The van der Waals surface area contributed by atoms with Crippen LogP contribution in [-0.4, -0.2) is 62.7 Å². The van der Waals surface area contributed by atoms with Gasteiger partial charge in [-0.3, -0.25) is 14.2 Å². The van der Waals surface area contributed by atoms with Crippen molar-refractivity contribution in [2.75, 3.05) is 18.5 Å². The van der Waals surface area contributed by atoms with Crippen LogP contribution in [0.15, 0.2) is 37.1 Å². The van der Waals surface area contributed by atoms with Gasteiger partial charge in [-0.1, -0.05) is 0 Å². The van der Waals surface area contributed by atoms with Gasteiger partial charge in [0.15, 0.2) is 0 Å². The zero-order valence-corrected chi connectivity index (χ0v) is 19.9. The molecule has 1 aliphatic heterocycles. The van der Waals surface area contributed by atoms with Gasteiger partial charge >= 0.3 is 0 Å². The Balaban J connectivity index is 1.37. The third kappa shape index (κ3) is 5.43. The highest BCUT2D eigenvalue weighted by atomic mass is 16.5. The van der Waals surface area contributed by atoms with Crippen molar-refractivity contribution in [1.29, 1.82) is 0 Å². The molecule has 184 valence electrons. The number of hydrogen-bond acceptors (Lipinski definition) is 7. The first-order valence-corrected chi connectivity index (χ1v) is 12.3. The average Bonchev–Trinajstić information content (AvgIpc) is 3.30. The molecule has 0 spiro atoms. The van der Waals surface area contributed by atoms with Gasteiger partial charge in [0.1, 0.15) is 17.8 Å². The summed E-state index contributed by atoms with van der Waals surface area (Å²) in [6.07, 6.45) is 12.0. The Morgan fingerprint density at radius 1 is 0.971 bits per heavy atom. The van der Waals surface area contributed by atoms with Crippen molar-refractivity contribution in [2.24, 2.45) is 0 Å². The fourth-order valence-electron chi connectivity index (χ4n) is 4.93. The number of ether oxygens (including phenoxy) is 1. The molecule has 5 rings (SSSR count). The monoisotopic (exact) mass is 477 g/mol. The summed E-state index contributed by atoms with van der Waals surface area (Å²) in [5, 5.41) is 10.7. The van der Waals surface area contributed by atoms with Crippen molar-refractivity contribution in [2.45, 2.75) is 63.6 Å². The lowest BCUT2D eigenvalue weighted by Gasteiger charge is -2.30. The van der Waals surface area contributed by atoms with Crippen molar-refractivity contribution in [3.63, 3.8) is 0 Å². The second-order valence-electron chi connectivity index (χ2n) is 9.33. The number of fused-ring (bicyclic) bond motifs is 1. The minimum absolute atomic E-state index is 0.00517. The third-order valence-corrected chi connectivity index (χ3v) is 6.78. The van der Waals surface area contributed by atoms with Gasteiger partial charge in [-0.25, -0.2) is 15.0 Å². The third-order valence-electron chi connectivity index (χ3n) is 6.78. The van der Waals surface area contributed by atoms with Gasteiger partial charge in [-0.05, 0) is 44.6 Å². The highest BCUT2D eigenvalue weighted by Gasteiger charge is 2.25. The van der Waals surface area contributed by atoms with Crippen LogP contribution in [0.4, 0.5) is 5.69 Å². The lowest BCUT2D eigenvalue weighted by Crippen LogP contribution is -2.43. The van der Waals surface area contributed by atoms with Crippen molar-refractivity contribution >= 4 is 28.5 Å². The first-order valence-electron chi connectivity index (χ1n) is 12.3. The minimum Gasteiger partial charge on any atom is -0.381 e. The normalized spacial score (nSPS) is 20.9. The van der Waals surface area contributed by atoms with Crippen molar-refractivity contribution in [3.8, 4) is 5.82 Å². The predicted molar refractivity (Wildman–Crippen MR) is 131 cm³/mol. The lowest BCUT2D eigenvalue weighted by molar-refractivity contribution is -0.119. The van der Waals surface area contributed by atoms with Crippen LogP contribution in [0.25, 0.3) is 16.9 Å². The summed E-state index contributed by atoms with van der Waals surface area (Å²) < 4.78 is 7.40. The number of anilines is 1. The molecule has 0 radical (unpaired) electrons. The van der Waals surface area contributed by atoms with E-state index in [2.05, 4.69) is 30.9 Å². The molecule has 0 atom stereocenters. The summed E-state index contributed by atoms with van der Waals surface area (Å²) in [5.74, 6) is 0.538. The van der Waals surface area contributed by atoms with Gasteiger partial charge in [0.25, 0.3) is 5.91 Å². The molecule has 2 fully saturated rings. The molecule has 10 nitrogen and oxygen atoms in total. The summed E-state index contributed by atoms with van der Waals surface area (Å²) in [6.45, 7) is 2.95. The second-order valence-corrected chi connectivity index (χ2v) is 9.33. The quantitative estimate of drug-likeness (QED) is 0.499. The molecule has 3 aromatic heterocycles. The number of aromatic nitrogens is 4. The fraction of sp³-hybridized carbons (Fsp3) is 0.480. The molecule has 1 saturated heterocycles. The van der Waals surface area contributed by atoms with Crippen LogP contribution in [0.1, 0.15) is 55.8 Å². The highest BCUT2D eigenvalue weighted by Crippen LogP contribution is 2.25. The summed E-state index contributed by atoms with van der Waals surface area (Å²) in [6, 6.07) is 4.35. The van der Waals surface area contributed by atoms with Gasteiger partial charge in [0.05, 0.1) is 11.3 Å². The van der Waals surface area contributed by atoms with Crippen LogP contribution in [-0.2, 0) is 9.53 Å². The average molecular weight is 478 g/mol. The van der Waals surface area contributed by atoms with Crippen LogP contribution in [0.3, 0.4) is 0 Å². The molecule has 35 heavy (non-hydrogen) atoms. The van der Waals surface area contributed by atoms with Crippen LogP contribution in [0.2, 0.25) is 0 Å². The van der Waals surface area contributed by atoms with E-state index in [0.717, 1.165) is 55.2 Å². The Bertz CT molecular complexity index is 1200. The van der Waals surface area contributed by atoms with E-state index in [9.17, 15) is 9.59 Å². The molecule has 2 aliphatic rings. The maximum absolute atomic E-state index is 13.3. The molecule has 0 bridgehead atoms. The topological polar surface area (TPSA) is 123 Å². The molecule has 2 amide bonds. The fourth-order valence-corrected chi connectivity index (χ4v) is 4.93. The summed E-state index contributed by atoms with van der Waals surface area (Å²) in [7, 11) is 0. The van der Waals surface area contributed by atoms with Gasteiger partial charge < -0.3 is 20.7 Å². The van der Waals surface area contributed by atoms with Gasteiger partial charge in [0.2, 0.25) is 5.91 Å². The largest absolute Gasteiger partial charge is 0.381 e. The number of nitrogens with one attached hydrogen (secondary N) is 3. The molecule has 1 aliphatic carbocycles. The summed E-state index contributed by atoms with van der Waals surface area (Å²) in [4.78, 5) is 37.8. The smallest absolute Gasteiger partial charge is 0.255 e. The Morgan fingerprint density at radius 2 is 1.71 bits per heavy atom. The van der Waals surface area contributed by atoms with Crippen molar-refractivity contribution in [1.82, 2.24) is 30.2 Å². The van der Waals surface area contributed by atoms with E-state index in [4.69, 9.17) is 4.74 Å². The molecule has 3 N–H and O–H groups in total. The molecule has 4 heterocycles. The zero-order chi connectivity index (χ0) is 24.2. The number of nitrogens with zero attached hydrogens (tertiary/aromatic N) is 4. The maximum Gasteiger partial charge on any atom is 0.255 e. The highest BCUT2D eigenvalue weighted by molar-refractivity contribution is 6.00. The minimum atomic E-state index is -0.138. The number of rotatable bonds is 6. The number of hydrogen-bond donors (Lipinski definition) is 3. The molecule has 0 unspecified atom stereocenters. The van der Waals surface area contributed by atoms with Crippen molar-refractivity contribution < 1.29 is 14.3 Å². The molecular weight excluding hydrogens is 446 g/mol. The Hall–Kier alpha value is -3.53. The molecule has 10 heteroatoms. The van der Waals surface area contributed by atoms with E-state index in [-0.39, 0.29) is 29.9 Å². The van der Waals surface area contributed by atoms with Crippen LogP contribution in [0.5, 0.6) is 0 Å². The zero-order valence-electron chi connectivity index (χ0n) is 19.9. The van der Waals surface area contributed by atoms with Crippen LogP contribution in [0, 0.1) is 0 Å². The van der Waals surface area contributed by atoms with Gasteiger partial charge in [0, 0.05) is 68.3 Å². The molecule has 0 aromatic carbocycles. The van der Waals surface area contributed by atoms with E-state index >= 15 is 0 Å². The standard InChI is InChI=1S/C25H31N7O3/c1-16(33)29-18-2-4-19(5-3-18)31-25(34)21-14-27-23(12-22(21)30-20-7-10-35-11-8-20)32-9-6-17-13-26-15-28-24(17)32/h6,9,12-15,18-20H,2-5,7-8,10-11H2,1H3,(H,27,30)(H,29,33)(H,31,34)/t18-,19-. The van der Waals surface area contributed by atoms with E-state index < -0.39 is 0 Å². The molecule has 1 saturated carbocycles. The molecule has 3 aromatic rings.